The first-order chi connectivity index (χ1) is 20.7. The maximum absolute atomic E-state index is 9.50. The fourth-order valence-corrected chi connectivity index (χ4v) is 5.18. The molecule has 6 aromatic carbocycles. The molecule has 0 spiro atoms. The highest BCUT2D eigenvalue weighted by Gasteiger charge is 2.13. The quantitative estimate of drug-likeness (QED) is 0.220. The van der Waals surface area contributed by atoms with Gasteiger partial charge in [0.15, 0.2) is 17.5 Å². The average Bonchev–Trinajstić information content (AvgIpc) is 3.08. The zero-order chi connectivity index (χ0) is 28.3. The van der Waals surface area contributed by atoms with E-state index in [0.717, 1.165) is 49.7 Å². The number of hydrogen-bond donors (Lipinski definition) is 0. The van der Waals surface area contributed by atoms with Gasteiger partial charge in [-0.1, -0.05) is 127 Å². The fourth-order valence-electron chi connectivity index (χ4n) is 5.18. The van der Waals surface area contributed by atoms with Gasteiger partial charge in [-0.25, -0.2) is 15.0 Å². The second kappa shape index (κ2) is 10.9. The lowest BCUT2D eigenvalue weighted by molar-refractivity contribution is 1.07. The van der Waals surface area contributed by atoms with Crippen molar-refractivity contribution in [1.29, 1.82) is 5.26 Å². The Hall–Kier alpha value is -5.92. The summed E-state index contributed by atoms with van der Waals surface area (Å²) in [6, 6.07) is 51.2. The van der Waals surface area contributed by atoms with Crippen LogP contribution in [0.3, 0.4) is 0 Å². The van der Waals surface area contributed by atoms with E-state index in [-0.39, 0.29) is 0 Å². The normalized spacial score (nSPS) is 10.8. The highest BCUT2D eigenvalue weighted by atomic mass is 15.0. The largest absolute Gasteiger partial charge is 0.208 e. The maximum Gasteiger partial charge on any atom is 0.164 e. The second-order valence-electron chi connectivity index (χ2n) is 10.0. The lowest BCUT2D eigenvalue weighted by Crippen LogP contribution is -2.00. The number of rotatable bonds is 5. The summed E-state index contributed by atoms with van der Waals surface area (Å²) in [4.78, 5) is 14.6. The minimum Gasteiger partial charge on any atom is -0.208 e. The molecule has 0 amide bonds. The van der Waals surface area contributed by atoms with Crippen molar-refractivity contribution in [3.8, 4) is 62.5 Å². The van der Waals surface area contributed by atoms with Crippen LogP contribution >= 0.6 is 0 Å². The van der Waals surface area contributed by atoms with Gasteiger partial charge in [-0.15, -0.1) is 0 Å². The number of nitrogens with zero attached hydrogens (tertiary/aromatic N) is 4. The van der Waals surface area contributed by atoms with Gasteiger partial charge in [0.05, 0.1) is 11.6 Å². The van der Waals surface area contributed by atoms with E-state index in [4.69, 9.17) is 15.0 Å². The first-order valence-corrected chi connectivity index (χ1v) is 13.8. The Bertz CT molecular complexity index is 2020. The van der Waals surface area contributed by atoms with Gasteiger partial charge in [-0.2, -0.15) is 5.26 Å². The number of hydrogen-bond acceptors (Lipinski definition) is 4. The van der Waals surface area contributed by atoms with Gasteiger partial charge < -0.3 is 0 Å². The molecule has 0 aliphatic heterocycles. The van der Waals surface area contributed by atoms with Crippen LogP contribution in [-0.4, -0.2) is 15.0 Å². The molecule has 0 saturated carbocycles. The standard InChI is InChI=1S/C38H24N4/c39-25-33-13-7-8-14-35(33)28-19-15-26(16-20-28)31-21-17-27-18-22-32(24-34(27)23-31)38-41-36(29-9-3-1-4-10-29)40-37(42-38)30-11-5-2-6-12-30/h1-24H. The number of benzene rings is 6. The number of nitriles is 1. The van der Waals surface area contributed by atoms with E-state index in [1.54, 1.807) is 0 Å². The number of aromatic nitrogens is 3. The summed E-state index contributed by atoms with van der Waals surface area (Å²) in [5, 5.41) is 11.7. The third-order valence-corrected chi connectivity index (χ3v) is 7.37. The van der Waals surface area contributed by atoms with Crippen molar-refractivity contribution >= 4 is 10.8 Å². The third kappa shape index (κ3) is 4.92. The van der Waals surface area contributed by atoms with E-state index in [1.807, 2.05) is 84.9 Å². The molecule has 196 valence electrons. The maximum atomic E-state index is 9.50. The molecule has 0 bridgehead atoms. The molecule has 0 radical (unpaired) electrons. The van der Waals surface area contributed by atoms with E-state index in [2.05, 4.69) is 66.7 Å². The highest BCUT2D eigenvalue weighted by molar-refractivity contribution is 5.90. The van der Waals surface area contributed by atoms with Crippen molar-refractivity contribution < 1.29 is 0 Å². The Morgan fingerprint density at radius 2 is 0.857 bits per heavy atom. The minimum absolute atomic E-state index is 0.635. The fraction of sp³-hybridized carbons (Fsp3) is 0. The van der Waals surface area contributed by atoms with Crippen LogP contribution in [0.25, 0.3) is 67.2 Å². The van der Waals surface area contributed by atoms with Crippen molar-refractivity contribution in [2.24, 2.45) is 0 Å². The van der Waals surface area contributed by atoms with Crippen molar-refractivity contribution in [3.05, 3.63) is 151 Å². The average molecular weight is 537 g/mol. The molecule has 0 aliphatic carbocycles. The molecule has 0 N–H and O–H groups in total. The molecular formula is C38H24N4. The van der Waals surface area contributed by atoms with Crippen molar-refractivity contribution in [2.45, 2.75) is 0 Å². The van der Waals surface area contributed by atoms with E-state index in [9.17, 15) is 5.26 Å². The van der Waals surface area contributed by atoms with Gasteiger partial charge in [0.1, 0.15) is 0 Å². The van der Waals surface area contributed by atoms with Gasteiger partial charge in [-0.05, 0) is 51.2 Å². The van der Waals surface area contributed by atoms with E-state index >= 15 is 0 Å². The topological polar surface area (TPSA) is 62.5 Å². The molecule has 1 heterocycles. The monoisotopic (exact) mass is 536 g/mol. The zero-order valence-electron chi connectivity index (χ0n) is 22.6. The van der Waals surface area contributed by atoms with E-state index in [1.165, 1.54) is 0 Å². The lowest BCUT2D eigenvalue weighted by Gasteiger charge is -2.10. The minimum atomic E-state index is 0.635. The SMILES string of the molecule is N#Cc1ccccc1-c1ccc(-c2ccc3ccc(-c4nc(-c5ccccc5)nc(-c5ccccc5)n4)cc3c2)cc1. The van der Waals surface area contributed by atoms with Gasteiger partial charge >= 0.3 is 0 Å². The Balaban J connectivity index is 1.28. The summed E-state index contributed by atoms with van der Waals surface area (Å²) in [6.45, 7) is 0. The third-order valence-electron chi connectivity index (χ3n) is 7.37. The summed E-state index contributed by atoms with van der Waals surface area (Å²) in [5.41, 5.74) is 7.69. The zero-order valence-corrected chi connectivity index (χ0v) is 22.6. The molecule has 0 fully saturated rings. The van der Waals surface area contributed by atoms with Crippen molar-refractivity contribution in [1.82, 2.24) is 15.0 Å². The molecule has 0 atom stereocenters. The van der Waals surface area contributed by atoms with Crippen LogP contribution in [0.15, 0.2) is 146 Å². The second-order valence-corrected chi connectivity index (χ2v) is 10.0. The molecule has 1 aromatic heterocycles. The Labute approximate surface area is 244 Å². The molecule has 0 unspecified atom stereocenters. The Kier molecular flexibility index (Phi) is 6.52. The van der Waals surface area contributed by atoms with Crippen LogP contribution < -0.4 is 0 Å². The number of fused-ring (bicyclic) bond motifs is 1. The van der Waals surface area contributed by atoms with Crippen LogP contribution in [-0.2, 0) is 0 Å². The van der Waals surface area contributed by atoms with Crippen LogP contribution in [0.5, 0.6) is 0 Å². The van der Waals surface area contributed by atoms with Crippen LogP contribution in [0.1, 0.15) is 5.56 Å². The summed E-state index contributed by atoms with van der Waals surface area (Å²) < 4.78 is 0. The summed E-state index contributed by atoms with van der Waals surface area (Å²) in [6.07, 6.45) is 0. The van der Waals surface area contributed by atoms with Gasteiger partial charge in [0.2, 0.25) is 0 Å². The highest BCUT2D eigenvalue weighted by Crippen LogP contribution is 2.31. The predicted octanol–water partition coefficient (Wildman–Crippen LogP) is 9.23. The van der Waals surface area contributed by atoms with E-state index in [0.29, 0.717) is 23.0 Å². The molecule has 4 heteroatoms. The van der Waals surface area contributed by atoms with Gasteiger partial charge in [0, 0.05) is 16.7 Å². The predicted molar refractivity (Wildman–Crippen MR) is 169 cm³/mol. The first-order valence-electron chi connectivity index (χ1n) is 13.8. The van der Waals surface area contributed by atoms with Crippen molar-refractivity contribution in [3.63, 3.8) is 0 Å². The van der Waals surface area contributed by atoms with E-state index < -0.39 is 0 Å². The molecule has 0 aliphatic rings. The molecule has 42 heavy (non-hydrogen) atoms. The van der Waals surface area contributed by atoms with Gasteiger partial charge in [0.25, 0.3) is 0 Å². The van der Waals surface area contributed by atoms with Gasteiger partial charge in [-0.3, -0.25) is 0 Å². The molecule has 7 rings (SSSR count). The van der Waals surface area contributed by atoms with Crippen LogP contribution in [0.2, 0.25) is 0 Å². The molecular weight excluding hydrogens is 512 g/mol. The Morgan fingerprint density at radius 1 is 0.381 bits per heavy atom. The summed E-state index contributed by atoms with van der Waals surface area (Å²) in [7, 11) is 0. The smallest absolute Gasteiger partial charge is 0.164 e. The Morgan fingerprint density at radius 3 is 1.48 bits per heavy atom. The van der Waals surface area contributed by atoms with Crippen LogP contribution in [0.4, 0.5) is 0 Å². The van der Waals surface area contributed by atoms with Crippen LogP contribution in [0, 0.1) is 11.3 Å². The molecule has 7 aromatic rings. The van der Waals surface area contributed by atoms with Crippen molar-refractivity contribution in [2.75, 3.05) is 0 Å². The summed E-state index contributed by atoms with van der Waals surface area (Å²) >= 11 is 0. The lowest BCUT2D eigenvalue weighted by atomic mass is 9.96. The molecule has 4 nitrogen and oxygen atoms in total. The first kappa shape index (κ1) is 25.1. The summed E-state index contributed by atoms with van der Waals surface area (Å²) in [5.74, 6) is 1.92. The molecule has 0 saturated heterocycles.